The lowest BCUT2D eigenvalue weighted by Gasteiger charge is -2.11. The molecule has 6 nitrogen and oxygen atoms in total. The second-order valence-electron chi connectivity index (χ2n) is 12.1. The molecule has 9 aliphatic heterocycles. The molecule has 0 aromatic heterocycles. The number of hydrogen-bond acceptors (Lipinski definition) is 24. The third-order valence-electron chi connectivity index (χ3n) is 8.00. The van der Waals surface area contributed by atoms with Gasteiger partial charge in [-0.1, -0.05) is 141 Å². The molecule has 0 fully saturated rings. The zero-order valence-electron chi connectivity index (χ0n) is 30.1. The van der Waals surface area contributed by atoms with Gasteiger partial charge in [0.1, 0.15) is 19.8 Å². The maximum absolute atomic E-state index is 13.6. The fourth-order valence-electron chi connectivity index (χ4n) is 5.36. The van der Waals surface area contributed by atoms with Gasteiger partial charge < -0.3 is 14.2 Å². The predicted octanol–water partition coefficient (Wildman–Crippen LogP) is 15.8. The normalized spacial score (nSPS) is 22.7. The van der Waals surface area contributed by atoms with Crippen LogP contribution in [0.15, 0.2) is 100.0 Å². The van der Waals surface area contributed by atoms with Crippen molar-refractivity contribution in [3.05, 3.63) is 117 Å². The maximum Gasteiger partial charge on any atom is 0.338 e. The number of carbonyl (C=O) groups is 3. The van der Waals surface area contributed by atoms with Crippen molar-refractivity contribution in [2.45, 2.75) is 0 Å². The molecule has 24 heteroatoms. The summed E-state index contributed by atoms with van der Waals surface area (Å²) in [6.45, 7) is 0.233. The molecule has 312 valence electrons. The first-order valence-corrected chi connectivity index (χ1v) is 33.4. The number of hydrogen-bond donors (Lipinski definition) is 0. The number of ether oxygens (including phenoxy) is 3. The molecule has 9 aliphatic rings. The van der Waals surface area contributed by atoms with Gasteiger partial charge in [-0.2, -0.15) is 0 Å². The molecule has 0 saturated carbocycles. The molecule has 0 aliphatic carbocycles. The monoisotopic (exact) mass is 1130 g/mol. The molecular formula is C36H24O6S18. The number of carbonyl (C=O) groups excluding carboxylic acids is 3. The van der Waals surface area contributed by atoms with E-state index in [1.165, 1.54) is 69.0 Å². The van der Waals surface area contributed by atoms with Gasteiger partial charge in [0, 0.05) is 49.2 Å². The molecule has 0 radical (unpaired) electrons. The second kappa shape index (κ2) is 21.3. The average molecular weight is 1130 g/mol. The Balaban J connectivity index is 0.787. The van der Waals surface area contributed by atoms with E-state index in [4.69, 9.17) is 14.2 Å². The lowest BCUT2D eigenvalue weighted by molar-refractivity contribution is 0.0544. The van der Waals surface area contributed by atoms with Crippen molar-refractivity contribution in [1.29, 1.82) is 0 Å². The maximum atomic E-state index is 13.6. The standard InChI is InChI=1S/C36H24O6S18/c37-22(40-10-19-13-49-31(52-19)34-55-25-26(56-34)44-2-1-43-25)16-7-17(23(38)41-11-20-14-50-32(53-20)35-57-27-28(58-35)46-4-3-45-27)9-18(8-16)24(39)42-12-21-15-51-33(54-21)36-59-29-30(60-36)48-6-5-47-29/h7-9,13-15H,1-6,10-12H2. The van der Waals surface area contributed by atoms with Crippen molar-refractivity contribution < 1.29 is 28.6 Å². The van der Waals surface area contributed by atoms with Crippen molar-refractivity contribution >= 4 is 230 Å². The Morgan fingerprint density at radius 1 is 0.350 bits per heavy atom. The van der Waals surface area contributed by atoms with Crippen LogP contribution in [-0.4, -0.2) is 72.2 Å². The Morgan fingerprint density at radius 2 is 0.600 bits per heavy atom. The van der Waals surface area contributed by atoms with E-state index in [0.29, 0.717) is 0 Å². The minimum absolute atomic E-state index is 0.0778. The van der Waals surface area contributed by atoms with E-state index in [0.717, 1.165) is 49.2 Å². The van der Waals surface area contributed by atoms with Crippen LogP contribution in [0, 0.1) is 0 Å². The second-order valence-corrected chi connectivity index (χ2v) is 34.0. The van der Waals surface area contributed by atoms with E-state index in [9.17, 15) is 14.4 Å². The molecule has 1 aromatic rings. The number of thioether (sulfide) groups is 18. The average Bonchev–Trinajstić information content (AvgIpc) is 4.13. The lowest BCUT2D eigenvalue weighted by atomic mass is 10.1. The van der Waals surface area contributed by atoms with Gasteiger partial charge in [-0.05, 0) is 34.4 Å². The number of rotatable bonds is 9. The molecule has 0 bridgehead atoms. The van der Waals surface area contributed by atoms with Crippen LogP contribution in [0.2, 0.25) is 0 Å². The smallest absolute Gasteiger partial charge is 0.338 e. The van der Waals surface area contributed by atoms with Crippen molar-refractivity contribution in [3.8, 4) is 0 Å². The minimum atomic E-state index is -0.636. The summed E-state index contributed by atoms with van der Waals surface area (Å²) < 4.78 is 33.1. The molecule has 9 heterocycles. The zero-order chi connectivity index (χ0) is 40.6. The largest absolute Gasteiger partial charge is 0.457 e. The van der Waals surface area contributed by atoms with E-state index in [-0.39, 0.29) is 36.5 Å². The van der Waals surface area contributed by atoms with E-state index in [1.807, 2.05) is 157 Å². The van der Waals surface area contributed by atoms with Gasteiger partial charge >= 0.3 is 17.9 Å². The Kier molecular flexibility index (Phi) is 16.1. The SMILES string of the molecule is O=C(OCC1=CSC(=C2SC3=C(SCCS3)S2)S1)c1cc(C(=O)OCC2=CSC(=C3SC4=C(SCCS4)S3)S2)cc(C(=O)OCC2=CSC(=C3SC4=C(SCCS4)S3)S2)c1. The molecule has 0 spiro atoms. The first-order valence-electron chi connectivity index (χ1n) is 17.5. The lowest BCUT2D eigenvalue weighted by Crippen LogP contribution is -2.14. The van der Waals surface area contributed by atoms with Crippen molar-refractivity contribution in [3.63, 3.8) is 0 Å². The van der Waals surface area contributed by atoms with E-state index >= 15 is 0 Å². The summed E-state index contributed by atoms with van der Waals surface area (Å²) in [5.74, 6) is 4.90. The van der Waals surface area contributed by atoms with Crippen molar-refractivity contribution in [1.82, 2.24) is 0 Å². The minimum Gasteiger partial charge on any atom is -0.457 e. The molecule has 0 saturated heterocycles. The fraction of sp³-hybridized carbons (Fsp3) is 0.250. The summed E-state index contributed by atoms with van der Waals surface area (Å²) in [6, 6.07) is 4.33. The van der Waals surface area contributed by atoms with Crippen molar-refractivity contribution in [2.24, 2.45) is 0 Å². The Hall–Kier alpha value is 1.59. The van der Waals surface area contributed by atoms with Crippen molar-refractivity contribution in [2.75, 3.05) is 54.3 Å². The highest BCUT2D eigenvalue weighted by atomic mass is 32.3. The first-order chi connectivity index (χ1) is 29.4. The van der Waals surface area contributed by atoms with Gasteiger partial charge in [-0.3, -0.25) is 0 Å². The van der Waals surface area contributed by atoms with Crippen LogP contribution in [0.25, 0.3) is 0 Å². The summed E-state index contributed by atoms with van der Waals surface area (Å²) in [6.07, 6.45) is 0. The van der Waals surface area contributed by atoms with Crippen LogP contribution in [0.3, 0.4) is 0 Å². The van der Waals surface area contributed by atoms with Crippen LogP contribution in [0.1, 0.15) is 31.1 Å². The molecule has 60 heavy (non-hydrogen) atoms. The summed E-state index contributed by atoms with van der Waals surface area (Å²) in [5.41, 5.74) is 0.245. The third-order valence-corrected chi connectivity index (χ3v) is 34.1. The predicted molar refractivity (Wildman–Crippen MR) is 290 cm³/mol. The van der Waals surface area contributed by atoms with E-state index in [2.05, 4.69) is 0 Å². The topological polar surface area (TPSA) is 78.9 Å². The van der Waals surface area contributed by atoms with E-state index in [1.54, 1.807) is 70.6 Å². The van der Waals surface area contributed by atoms with Gasteiger partial charge in [0.15, 0.2) is 0 Å². The van der Waals surface area contributed by atoms with Crippen LogP contribution in [0.5, 0.6) is 0 Å². The fourth-order valence-corrected chi connectivity index (χ4v) is 30.8. The summed E-state index contributed by atoms with van der Waals surface area (Å²) in [5, 5.41) is 6.08. The Bertz CT molecular complexity index is 2040. The van der Waals surface area contributed by atoms with E-state index < -0.39 is 17.9 Å². The molecule has 0 atom stereocenters. The number of benzene rings is 1. The summed E-state index contributed by atoms with van der Waals surface area (Å²) in [7, 11) is 0. The van der Waals surface area contributed by atoms with Gasteiger partial charge in [-0.25, -0.2) is 14.4 Å². The molecule has 0 unspecified atom stereocenters. The van der Waals surface area contributed by atoms with Gasteiger partial charge in [0.05, 0.1) is 67.5 Å². The van der Waals surface area contributed by atoms with Crippen LogP contribution in [0.4, 0.5) is 0 Å². The Morgan fingerprint density at radius 3 is 0.850 bits per heavy atom. The highest BCUT2D eigenvalue weighted by Gasteiger charge is 2.33. The van der Waals surface area contributed by atoms with Gasteiger partial charge in [-0.15, -0.1) is 70.6 Å². The van der Waals surface area contributed by atoms with Gasteiger partial charge in [0.25, 0.3) is 0 Å². The first kappa shape index (κ1) is 45.4. The molecule has 1 aromatic carbocycles. The molecule has 0 amide bonds. The molecular weight excluding hydrogens is 1110 g/mol. The summed E-state index contributed by atoms with van der Waals surface area (Å²) in [4.78, 5) is 43.7. The van der Waals surface area contributed by atoms with Gasteiger partial charge in [0.2, 0.25) is 0 Å². The van der Waals surface area contributed by atoms with Crippen LogP contribution in [-0.2, 0) is 14.2 Å². The van der Waals surface area contributed by atoms with Crippen LogP contribution < -0.4 is 0 Å². The van der Waals surface area contributed by atoms with Crippen LogP contribution >= 0.6 is 212 Å². The summed E-state index contributed by atoms with van der Waals surface area (Å²) >= 11 is 32.4. The zero-order valence-corrected chi connectivity index (χ0v) is 44.8. The molecule has 0 N–H and O–H groups in total. The Labute approximate surface area is 423 Å². The molecule has 10 rings (SSSR count). The quantitative estimate of drug-likeness (QED) is 0.174. The highest BCUT2D eigenvalue weighted by molar-refractivity contribution is 8.45. The number of esters is 3. The highest BCUT2D eigenvalue weighted by Crippen LogP contribution is 2.66. The third kappa shape index (κ3) is 11.0.